The highest BCUT2D eigenvalue weighted by molar-refractivity contribution is 7.08. The molecule has 3 rings (SSSR count). The molecular weight excluding hydrogens is 292 g/mol. The summed E-state index contributed by atoms with van der Waals surface area (Å²) in [5, 5.41) is 4.08. The smallest absolute Gasteiger partial charge is 0.246 e. The predicted molar refractivity (Wildman–Crippen MR) is 90.4 cm³/mol. The number of primary amides is 1. The van der Waals surface area contributed by atoms with Gasteiger partial charge >= 0.3 is 0 Å². The molecule has 0 saturated heterocycles. The average molecular weight is 308 g/mol. The molecule has 0 fully saturated rings. The number of thiophene rings is 1. The molecule has 0 aliphatic heterocycles. The first kappa shape index (κ1) is 14.5. The molecule has 1 atom stereocenters. The van der Waals surface area contributed by atoms with Crippen LogP contribution in [0.15, 0.2) is 71.4 Å². The molecule has 110 valence electrons. The van der Waals surface area contributed by atoms with Crippen molar-refractivity contribution in [2.24, 2.45) is 11.5 Å². The Bertz CT molecular complexity index is 784. The van der Waals surface area contributed by atoms with E-state index in [0.29, 0.717) is 11.1 Å². The molecule has 2 aromatic carbocycles. The van der Waals surface area contributed by atoms with Gasteiger partial charge in [-0.2, -0.15) is 11.3 Å². The molecule has 3 nitrogen and oxygen atoms in total. The summed E-state index contributed by atoms with van der Waals surface area (Å²) >= 11 is 1.63. The molecule has 0 aliphatic rings. The number of carbonyl (C=O) groups is 1. The zero-order valence-corrected chi connectivity index (χ0v) is 12.7. The van der Waals surface area contributed by atoms with Crippen molar-refractivity contribution >= 4 is 17.2 Å². The molecule has 1 heterocycles. The second-order valence-corrected chi connectivity index (χ2v) is 5.91. The Labute approximate surface area is 133 Å². The third kappa shape index (κ3) is 2.43. The van der Waals surface area contributed by atoms with E-state index >= 15 is 0 Å². The molecule has 0 radical (unpaired) electrons. The predicted octanol–water partition coefficient (Wildman–Crippen LogP) is 3.10. The highest BCUT2D eigenvalue weighted by Gasteiger charge is 2.36. The molecular formula is C18H16N2OS. The van der Waals surface area contributed by atoms with Gasteiger partial charge in [-0.3, -0.25) is 4.79 Å². The number of hydrogen-bond donors (Lipinski definition) is 2. The van der Waals surface area contributed by atoms with E-state index in [-0.39, 0.29) is 0 Å². The average Bonchev–Trinajstić information content (AvgIpc) is 3.09. The summed E-state index contributed by atoms with van der Waals surface area (Å²) in [6.45, 7) is 0. The number of benzene rings is 2. The fourth-order valence-electron chi connectivity index (χ4n) is 2.52. The third-order valence-electron chi connectivity index (χ3n) is 3.79. The monoisotopic (exact) mass is 308 g/mol. The van der Waals surface area contributed by atoms with Crippen molar-refractivity contribution in [3.05, 3.63) is 82.6 Å². The standard InChI is InChI=1S/C18H16N2OS/c19-17(21)18(20,15-6-2-1-3-7-15)16-8-4-5-13(11-16)14-9-10-22-12-14/h1-12H,20H2,(H2,19,21). The Kier molecular flexibility index (Phi) is 3.79. The van der Waals surface area contributed by atoms with Gasteiger partial charge in [0.1, 0.15) is 5.54 Å². The number of hydrogen-bond acceptors (Lipinski definition) is 3. The third-order valence-corrected chi connectivity index (χ3v) is 4.47. The molecule has 1 amide bonds. The molecule has 1 aromatic heterocycles. The lowest BCUT2D eigenvalue weighted by Crippen LogP contribution is -2.50. The highest BCUT2D eigenvalue weighted by atomic mass is 32.1. The first-order valence-electron chi connectivity index (χ1n) is 6.90. The van der Waals surface area contributed by atoms with E-state index in [9.17, 15) is 4.79 Å². The first-order chi connectivity index (χ1) is 10.6. The lowest BCUT2D eigenvalue weighted by Gasteiger charge is -2.27. The maximum Gasteiger partial charge on any atom is 0.246 e. The van der Waals surface area contributed by atoms with Crippen molar-refractivity contribution in [3.8, 4) is 11.1 Å². The summed E-state index contributed by atoms with van der Waals surface area (Å²) in [6, 6.07) is 18.9. The van der Waals surface area contributed by atoms with Gasteiger partial charge in [0.25, 0.3) is 0 Å². The SMILES string of the molecule is NC(=O)C(N)(c1ccccc1)c1cccc(-c2ccsc2)c1. The Balaban J connectivity index is 2.14. The molecule has 0 saturated carbocycles. The second-order valence-electron chi connectivity index (χ2n) is 5.13. The summed E-state index contributed by atoms with van der Waals surface area (Å²) in [7, 11) is 0. The number of nitrogens with two attached hydrogens (primary N) is 2. The molecule has 1 unspecified atom stereocenters. The molecule has 0 aliphatic carbocycles. The van der Waals surface area contributed by atoms with Crippen LogP contribution in [0.2, 0.25) is 0 Å². The summed E-state index contributed by atoms with van der Waals surface area (Å²) in [4.78, 5) is 12.1. The van der Waals surface area contributed by atoms with E-state index in [1.807, 2.05) is 66.0 Å². The Hall–Kier alpha value is -2.43. The fraction of sp³-hybridized carbons (Fsp3) is 0.0556. The van der Waals surface area contributed by atoms with Gasteiger partial charge in [-0.05, 0) is 45.1 Å². The minimum atomic E-state index is -1.34. The highest BCUT2D eigenvalue weighted by Crippen LogP contribution is 2.30. The van der Waals surface area contributed by atoms with Crippen LogP contribution in [0.1, 0.15) is 11.1 Å². The van der Waals surface area contributed by atoms with Gasteiger partial charge < -0.3 is 11.5 Å². The summed E-state index contributed by atoms with van der Waals surface area (Å²) in [5.41, 5.74) is 14.2. The lowest BCUT2D eigenvalue weighted by atomic mass is 9.82. The summed E-state index contributed by atoms with van der Waals surface area (Å²) in [6.07, 6.45) is 0. The molecule has 4 heteroatoms. The quantitative estimate of drug-likeness (QED) is 0.777. The Morgan fingerprint density at radius 1 is 0.909 bits per heavy atom. The van der Waals surface area contributed by atoms with Gasteiger partial charge in [0.15, 0.2) is 0 Å². The maximum absolute atomic E-state index is 12.1. The summed E-state index contributed by atoms with van der Waals surface area (Å²) in [5.74, 6) is -0.568. The van der Waals surface area contributed by atoms with Gasteiger partial charge in [-0.25, -0.2) is 0 Å². The number of rotatable bonds is 4. The van der Waals surface area contributed by atoms with Crippen molar-refractivity contribution in [2.75, 3.05) is 0 Å². The molecule has 0 bridgehead atoms. The first-order valence-corrected chi connectivity index (χ1v) is 7.84. The van der Waals surface area contributed by atoms with Crippen LogP contribution in [0.3, 0.4) is 0 Å². The van der Waals surface area contributed by atoms with Crippen LogP contribution >= 0.6 is 11.3 Å². The van der Waals surface area contributed by atoms with Crippen LogP contribution in [0.4, 0.5) is 0 Å². The second kappa shape index (κ2) is 5.75. The van der Waals surface area contributed by atoms with E-state index in [2.05, 4.69) is 5.38 Å². The van der Waals surface area contributed by atoms with Crippen LogP contribution in [0, 0.1) is 0 Å². The van der Waals surface area contributed by atoms with E-state index in [0.717, 1.165) is 11.1 Å². The zero-order chi connectivity index (χ0) is 15.6. The van der Waals surface area contributed by atoms with Crippen molar-refractivity contribution in [1.82, 2.24) is 0 Å². The van der Waals surface area contributed by atoms with Crippen LogP contribution in [-0.4, -0.2) is 5.91 Å². The number of carbonyl (C=O) groups excluding carboxylic acids is 1. The topological polar surface area (TPSA) is 69.1 Å². The van der Waals surface area contributed by atoms with Crippen molar-refractivity contribution < 1.29 is 4.79 Å². The van der Waals surface area contributed by atoms with E-state index in [1.165, 1.54) is 0 Å². The van der Waals surface area contributed by atoms with Crippen LogP contribution in [0.5, 0.6) is 0 Å². The Morgan fingerprint density at radius 3 is 2.27 bits per heavy atom. The fourth-order valence-corrected chi connectivity index (χ4v) is 3.19. The van der Waals surface area contributed by atoms with Gasteiger partial charge in [-0.1, -0.05) is 48.5 Å². The van der Waals surface area contributed by atoms with Gasteiger partial charge in [-0.15, -0.1) is 0 Å². The van der Waals surface area contributed by atoms with Crippen LogP contribution < -0.4 is 11.5 Å². The minimum absolute atomic E-state index is 0.568. The zero-order valence-electron chi connectivity index (χ0n) is 11.9. The lowest BCUT2D eigenvalue weighted by molar-refractivity contribution is -0.122. The van der Waals surface area contributed by atoms with Crippen molar-refractivity contribution in [1.29, 1.82) is 0 Å². The van der Waals surface area contributed by atoms with E-state index in [4.69, 9.17) is 11.5 Å². The number of amides is 1. The molecule has 0 spiro atoms. The van der Waals surface area contributed by atoms with E-state index in [1.54, 1.807) is 11.3 Å². The summed E-state index contributed by atoms with van der Waals surface area (Å²) < 4.78 is 0. The van der Waals surface area contributed by atoms with Crippen molar-refractivity contribution in [2.45, 2.75) is 5.54 Å². The molecule has 4 N–H and O–H groups in total. The van der Waals surface area contributed by atoms with Crippen LogP contribution in [0.25, 0.3) is 11.1 Å². The van der Waals surface area contributed by atoms with E-state index < -0.39 is 11.4 Å². The van der Waals surface area contributed by atoms with Crippen LogP contribution in [-0.2, 0) is 10.3 Å². The maximum atomic E-state index is 12.1. The van der Waals surface area contributed by atoms with Gasteiger partial charge in [0.05, 0.1) is 0 Å². The Morgan fingerprint density at radius 2 is 1.64 bits per heavy atom. The minimum Gasteiger partial charge on any atom is -0.367 e. The van der Waals surface area contributed by atoms with Gasteiger partial charge in [0, 0.05) is 0 Å². The molecule has 22 heavy (non-hydrogen) atoms. The normalized spacial score (nSPS) is 13.5. The van der Waals surface area contributed by atoms with Crippen molar-refractivity contribution in [3.63, 3.8) is 0 Å². The molecule has 3 aromatic rings. The van der Waals surface area contributed by atoms with Gasteiger partial charge in [0.2, 0.25) is 5.91 Å². The largest absolute Gasteiger partial charge is 0.367 e.